The van der Waals surface area contributed by atoms with Crippen molar-refractivity contribution in [2.24, 2.45) is 11.8 Å². The molecule has 0 bridgehead atoms. The number of amides is 1. The van der Waals surface area contributed by atoms with Gasteiger partial charge in [-0.3, -0.25) is 4.79 Å². The molecule has 1 unspecified atom stereocenters. The van der Waals surface area contributed by atoms with Crippen molar-refractivity contribution in [2.45, 2.75) is 25.9 Å². The van der Waals surface area contributed by atoms with Gasteiger partial charge in [-0.15, -0.1) is 0 Å². The molecule has 1 aliphatic rings. The molecule has 0 aliphatic heterocycles. The van der Waals surface area contributed by atoms with Gasteiger partial charge < -0.3 is 10.6 Å². The number of hydrogen-bond acceptors (Lipinski definition) is 2. The Morgan fingerprint density at radius 2 is 2.06 bits per heavy atom. The van der Waals surface area contributed by atoms with Gasteiger partial charge >= 0.3 is 6.18 Å². The topological polar surface area (TPSA) is 41.1 Å². The molecule has 1 atom stereocenters. The molecule has 2 N–H and O–H groups in total. The van der Waals surface area contributed by atoms with Crippen LogP contribution in [0.15, 0.2) is 0 Å². The van der Waals surface area contributed by atoms with E-state index in [0.29, 0.717) is 18.4 Å². The molecule has 0 saturated heterocycles. The quantitative estimate of drug-likeness (QED) is 0.732. The Balaban J connectivity index is 2.02. The molecule has 0 radical (unpaired) electrons. The molecule has 0 aromatic rings. The summed E-state index contributed by atoms with van der Waals surface area (Å²) in [5.41, 5.74) is 0. The summed E-state index contributed by atoms with van der Waals surface area (Å²) < 4.78 is 35.2. The molecule has 0 heterocycles. The first-order valence-corrected chi connectivity index (χ1v) is 5.42. The van der Waals surface area contributed by atoms with E-state index in [-0.39, 0.29) is 12.5 Å². The highest BCUT2D eigenvalue weighted by molar-refractivity contribution is 5.77. The highest BCUT2D eigenvalue weighted by Gasteiger charge is 2.28. The summed E-state index contributed by atoms with van der Waals surface area (Å²) in [6.07, 6.45) is -1.87. The number of halogens is 3. The highest BCUT2D eigenvalue weighted by Crippen LogP contribution is 2.35. The maximum absolute atomic E-state index is 11.7. The fraction of sp³-hybridized carbons (Fsp3) is 0.900. The first-order valence-electron chi connectivity index (χ1n) is 5.42. The van der Waals surface area contributed by atoms with Gasteiger partial charge in [0.15, 0.2) is 0 Å². The van der Waals surface area contributed by atoms with Crippen LogP contribution >= 0.6 is 0 Å². The largest absolute Gasteiger partial charge is 0.401 e. The van der Waals surface area contributed by atoms with Crippen molar-refractivity contribution >= 4 is 5.91 Å². The summed E-state index contributed by atoms with van der Waals surface area (Å²) in [5.74, 6) is 0.728. The van der Waals surface area contributed by atoms with Gasteiger partial charge in [-0.25, -0.2) is 0 Å². The fourth-order valence-corrected chi connectivity index (χ4v) is 1.49. The minimum atomic E-state index is -4.26. The minimum Gasteiger partial charge on any atom is -0.355 e. The first kappa shape index (κ1) is 13.3. The molecule has 0 aromatic carbocycles. The molecule has 94 valence electrons. The Kier molecular flexibility index (Phi) is 4.58. The summed E-state index contributed by atoms with van der Waals surface area (Å²) >= 11 is 0. The smallest absolute Gasteiger partial charge is 0.355 e. The van der Waals surface area contributed by atoms with Gasteiger partial charge in [0.1, 0.15) is 0 Å². The van der Waals surface area contributed by atoms with Crippen molar-refractivity contribution in [1.29, 1.82) is 0 Å². The second-order valence-corrected chi connectivity index (χ2v) is 4.34. The Bertz CT molecular complexity index is 239. The van der Waals surface area contributed by atoms with Gasteiger partial charge in [0.05, 0.1) is 13.1 Å². The predicted molar refractivity (Wildman–Crippen MR) is 53.8 cm³/mol. The Morgan fingerprint density at radius 3 is 2.56 bits per heavy atom. The van der Waals surface area contributed by atoms with Crippen LogP contribution in [0.1, 0.15) is 19.8 Å². The van der Waals surface area contributed by atoms with Crippen LogP contribution in [0.4, 0.5) is 13.2 Å². The van der Waals surface area contributed by atoms with Crippen LogP contribution in [0.2, 0.25) is 0 Å². The van der Waals surface area contributed by atoms with Gasteiger partial charge in [-0.05, 0) is 24.7 Å². The zero-order chi connectivity index (χ0) is 12.2. The lowest BCUT2D eigenvalue weighted by atomic mass is 10.1. The third kappa shape index (κ3) is 5.95. The molecule has 1 amide bonds. The summed E-state index contributed by atoms with van der Waals surface area (Å²) in [5, 5.41) is 4.68. The molecule has 6 heteroatoms. The van der Waals surface area contributed by atoms with E-state index in [4.69, 9.17) is 0 Å². The van der Waals surface area contributed by atoms with Gasteiger partial charge in [0, 0.05) is 6.54 Å². The van der Waals surface area contributed by atoms with E-state index in [1.54, 1.807) is 0 Å². The van der Waals surface area contributed by atoms with Crippen LogP contribution in [0.5, 0.6) is 0 Å². The molecule has 3 nitrogen and oxygen atoms in total. The second-order valence-electron chi connectivity index (χ2n) is 4.34. The average Bonchev–Trinajstić information content (AvgIpc) is 2.95. The number of hydrogen-bond donors (Lipinski definition) is 2. The average molecular weight is 238 g/mol. The zero-order valence-corrected chi connectivity index (χ0v) is 9.23. The number of carbonyl (C=O) groups excluding carboxylic acids is 1. The van der Waals surface area contributed by atoms with Gasteiger partial charge in [0.2, 0.25) is 5.91 Å². The van der Waals surface area contributed by atoms with E-state index < -0.39 is 12.7 Å². The Hall–Kier alpha value is -0.780. The van der Waals surface area contributed by atoms with E-state index in [1.807, 2.05) is 6.92 Å². The van der Waals surface area contributed by atoms with Crippen LogP contribution in [0.25, 0.3) is 0 Å². The van der Waals surface area contributed by atoms with Crippen LogP contribution in [-0.4, -0.2) is 31.7 Å². The highest BCUT2D eigenvalue weighted by atomic mass is 19.4. The van der Waals surface area contributed by atoms with E-state index in [9.17, 15) is 18.0 Å². The lowest BCUT2D eigenvalue weighted by Crippen LogP contribution is -2.39. The standard InChI is InChI=1S/C10H17F3N2O/c1-7(8-2-3-8)4-15-9(16)5-14-6-10(11,12)13/h7-8,14H,2-6H2,1H3,(H,15,16). The molecule has 1 rings (SSSR count). The van der Waals surface area contributed by atoms with Crippen LogP contribution in [0, 0.1) is 11.8 Å². The van der Waals surface area contributed by atoms with E-state index in [0.717, 1.165) is 0 Å². The summed E-state index contributed by atoms with van der Waals surface area (Å²) in [6, 6.07) is 0. The van der Waals surface area contributed by atoms with E-state index >= 15 is 0 Å². The monoisotopic (exact) mass is 238 g/mol. The Labute approximate surface area is 92.8 Å². The van der Waals surface area contributed by atoms with Crippen LogP contribution in [-0.2, 0) is 4.79 Å². The van der Waals surface area contributed by atoms with Crippen LogP contribution in [0.3, 0.4) is 0 Å². The molecular formula is C10H17F3N2O. The molecule has 1 aliphatic carbocycles. The second kappa shape index (κ2) is 5.52. The van der Waals surface area contributed by atoms with Gasteiger partial charge in [0.25, 0.3) is 0 Å². The SMILES string of the molecule is CC(CNC(=O)CNCC(F)(F)F)C1CC1. The number of carbonyl (C=O) groups is 1. The number of nitrogens with one attached hydrogen (secondary N) is 2. The van der Waals surface area contributed by atoms with Gasteiger partial charge in [-0.1, -0.05) is 6.92 Å². The molecule has 16 heavy (non-hydrogen) atoms. The first-order chi connectivity index (χ1) is 7.38. The lowest BCUT2D eigenvalue weighted by Gasteiger charge is -2.12. The Morgan fingerprint density at radius 1 is 1.44 bits per heavy atom. The summed E-state index contributed by atoms with van der Waals surface area (Å²) in [7, 11) is 0. The van der Waals surface area contributed by atoms with Crippen molar-refractivity contribution in [3.8, 4) is 0 Å². The molecular weight excluding hydrogens is 221 g/mol. The predicted octanol–water partition coefficient (Wildman–Crippen LogP) is 1.30. The molecule has 1 saturated carbocycles. The van der Waals surface area contributed by atoms with Crippen molar-refractivity contribution < 1.29 is 18.0 Å². The third-order valence-electron chi connectivity index (χ3n) is 2.66. The minimum absolute atomic E-state index is 0.281. The van der Waals surface area contributed by atoms with Crippen molar-refractivity contribution in [2.75, 3.05) is 19.6 Å². The van der Waals surface area contributed by atoms with E-state index in [2.05, 4.69) is 10.6 Å². The number of rotatable bonds is 6. The summed E-state index contributed by atoms with van der Waals surface area (Å²) in [6.45, 7) is 1.19. The van der Waals surface area contributed by atoms with Crippen molar-refractivity contribution in [3.05, 3.63) is 0 Å². The van der Waals surface area contributed by atoms with Gasteiger partial charge in [-0.2, -0.15) is 13.2 Å². The molecule has 1 fully saturated rings. The van der Waals surface area contributed by atoms with Crippen LogP contribution < -0.4 is 10.6 Å². The number of alkyl halides is 3. The lowest BCUT2D eigenvalue weighted by molar-refractivity contribution is -0.128. The van der Waals surface area contributed by atoms with E-state index in [1.165, 1.54) is 12.8 Å². The maximum atomic E-state index is 11.7. The van der Waals surface area contributed by atoms with Crippen molar-refractivity contribution in [1.82, 2.24) is 10.6 Å². The summed E-state index contributed by atoms with van der Waals surface area (Å²) in [4.78, 5) is 11.1. The fourth-order valence-electron chi connectivity index (χ4n) is 1.49. The zero-order valence-electron chi connectivity index (χ0n) is 9.23. The normalized spacial score (nSPS) is 18.2. The van der Waals surface area contributed by atoms with Crippen molar-refractivity contribution in [3.63, 3.8) is 0 Å². The molecule has 0 aromatic heterocycles. The maximum Gasteiger partial charge on any atom is 0.401 e. The molecule has 0 spiro atoms. The third-order valence-corrected chi connectivity index (χ3v) is 2.66.